The Kier molecular flexibility index (Phi) is 5.26. The van der Waals surface area contributed by atoms with Gasteiger partial charge in [0.1, 0.15) is 0 Å². The van der Waals surface area contributed by atoms with E-state index >= 15 is 0 Å². The second-order valence-electron chi connectivity index (χ2n) is 6.15. The zero-order valence-electron chi connectivity index (χ0n) is 11.9. The summed E-state index contributed by atoms with van der Waals surface area (Å²) in [5.41, 5.74) is 7.54. The molecule has 1 aliphatic rings. The Hall–Kier alpha value is -0.570. The van der Waals surface area contributed by atoms with Gasteiger partial charge < -0.3 is 10.6 Å². The van der Waals surface area contributed by atoms with Crippen LogP contribution in [0.5, 0.6) is 0 Å². The number of benzene rings is 1. The van der Waals surface area contributed by atoms with E-state index in [9.17, 15) is 0 Å². The van der Waals surface area contributed by atoms with Crippen LogP contribution in [0.4, 0.5) is 0 Å². The zero-order chi connectivity index (χ0) is 13.7. The highest BCUT2D eigenvalue weighted by atomic mass is 35.5. The number of likely N-dealkylation sites (tertiary alicyclic amines) is 1. The molecule has 1 aromatic carbocycles. The zero-order valence-corrected chi connectivity index (χ0v) is 12.6. The number of hydrogen-bond donors (Lipinski definition) is 1. The van der Waals surface area contributed by atoms with Crippen molar-refractivity contribution >= 4 is 11.6 Å². The van der Waals surface area contributed by atoms with E-state index in [-0.39, 0.29) is 5.41 Å². The van der Waals surface area contributed by atoms with E-state index in [0.29, 0.717) is 0 Å². The number of hydrogen-bond acceptors (Lipinski definition) is 2. The molecule has 2 N–H and O–H groups in total. The Bertz CT molecular complexity index is 384. The minimum atomic E-state index is 0.158. The van der Waals surface area contributed by atoms with Crippen LogP contribution in [0.2, 0.25) is 5.02 Å². The molecule has 1 heterocycles. The molecule has 106 valence electrons. The molecule has 0 radical (unpaired) electrons. The highest BCUT2D eigenvalue weighted by Gasteiger charge is 2.26. The fraction of sp³-hybridized carbons (Fsp3) is 0.625. The van der Waals surface area contributed by atoms with Crippen LogP contribution in [0.25, 0.3) is 0 Å². The van der Waals surface area contributed by atoms with Crippen LogP contribution in [0.3, 0.4) is 0 Å². The lowest BCUT2D eigenvalue weighted by Crippen LogP contribution is -2.44. The quantitative estimate of drug-likeness (QED) is 0.896. The number of halogens is 1. The largest absolute Gasteiger partial charge is 0.330 e. The SMILES string of the molecule is CC(CN)(Cc1ccc(Cl)cc1)CN1CCCCC1. The summed E-state index contributed by atoms with van der Waals surface area (Å²) in [6.45, 7) is 6.60. The first-order valence-electron chi connectivity index (χ1n) is 7.28. The van der Waals surface area contributed by atoms with Gasteiger partial charge in [0.2, 0.25) is 0 Å². The molecule has 0 saturated carbocycles. The van der Waals surface area contributed by atoms with Crippen LogP contribution in [-0.2, 0) is 6.42 Å². The van der Waals surface area contributed by atoms with Crippen LogP contribution in [-0.4, -0.2) is 31.1 Å². The molecule has 2 rings (SSSR count). The lowest BCUT2D eigenvalue weighted by molar-refractivity contribution is 0.145. The second-order valence-corrected chi connectivity index (χ2v) is 6.59. The topological polar surface area (TPSA) is 29.3 Å². The van der Waals surface area contributed by atoms with Gasteiger partial charge in [0, 0.05) is 11.6 Å². The normalized spacial score (nSPS) is 20.2. The average molecular weight is 281 g/mol. The predicted octanol–water partition coefficient (Wildman–Crippen LogP) is 3.33. The van der Waals surface area contributed by atoms with Crippen LogP contribution >= 0.6 is 11.6 Å². The van der Waals surface area contributed by atoms with E-state index in [1.165, 1.54) is 37.9 Å². The van der Waals surface area contributed by atoms with E-state index in [1.54, 1.807) is 0 Å². The molecule has 0 aromatic heterocycles. The predicted molar refractivity (Wildman–Crippen MR) is 82.6 cm³/mol. The Morgan fingerprint density at radius 1 is 1.16 bits per heavy atom. The Morgan fingerprint density at radius 2 is 1.79 bits per heavy atom. The molecule has 0 spiro atoms. The molecule has 2 nitrogen and oxygen atoms in total. The van der Waals surface area contributed by atoms with Crippen molar-refractivity contribution in [2.75, 3.05) is 26.2 Å². The number of rotatable bonds is 5. The highest BCUT2D eigenvalue weighted by Crippen LogP contribution is 2.25. The minimum Gasteiger partial charge on any atom is -0.330 e. The van der Waals surface area contributed by atoms with Gasteiger partial charge in [-0.25, -0.2) is 0 Å². The lowest BCUT2D eigenvalue weighted by Gasteiger charge is -2.36. The van der Waals surface area contributed by atoms with E-state index in [1.807, 2.05) is 12.1 Å². The number of nitrogens with two attached hydrogens (primary N) is 1. The summed E-state index contributed by atoms with van der Waals surface area (Å²) in [7, 11) is 0. The lowest BCUT2D eigenvalue weighted by atomic mass is 9.82. The molecule has 1 fully saturated rings. The van der Waals surface area contributed by atoms with Gasteiger partial charge in [0.05, 0.1) is 0 Å². The third-order valence-corrected chi connectivity index (χ3v) is 4.34. The molecule has 1 aliphatic heterocycles. The minimum absolute atomic E-state index is 0.158. The molecule has 1 unspecified atom stereocenters. The van der Waals surface area contributed by atoms with Crippen LogP contribution < -0.4 is 5.73 Å². The van der Waals surface area contributed by atoms with Crippen molar-refractivity contribution < 1.29 is 0 Å². The molecule has 1 atom stereocenters. The van der Waals surface area contributed by atoms with Crippen molar-refractivity contribution in [1.82, 2.24) is 4.90 Å². The standard InChI is InChI=1S/C16H25ClN2/c1-16(12-18,13-19-9-3-2-4-10-19)11-14-5-7-15(17)8-6-14/h5-8H,2-4,9-13,18H2,1H3. The Balaban J connectivity index is 1.98. The fourth-order valence-electron chi connectivity index (χ4n) is 2.95. The van der Waals surface area contributed by atoms with E-state index in [0.717, 1.165) is 24.5 Å². The van der Waals surface area contributed by atoms with Crippen LogP contribution in [0.1, 0.15) is 31.7 Å². The molecule has 1 aromatic rings. The van der Waals surface area contributed by atoms with Crippen molar-refractivity contribution in [3.8, 4) is 0 Å². The molecule has 0 bridgehead atoms. The maximum absolute atomic E-state index is 6.05. The van der Waals surface area contributed by atoms with Crippen molar-refractivity contribution in [3.63, 3.8) is 0 Å². The molecule has 1 saturated heterocycles. The van der Waals surface area contributed by atoms with Gasteiger partial charge in [-0.1, -0.05) is 37.1 Å². The third kappa shape index (κ3) is 4.48. The molecular weight excluding hydrogens is 256 g/mol. The molecule has 19 heavy (non-hydrogen) atoms. The Labute approximate surface area is 121 Å². The average Bonchev–Trinajstić information content (AvgIpc) is 2.42. The van der Waals surface area contributed by atoms with Crippen LogP contribution in [0.15, 0.2) is 24.3 Å². The summed E-state index contributed by atoms with van der Waals surface area (Å²) >= 11 is 5.94. The van der Waals surface area contributed by atoms with Gasteiger partial charge in [-0.3, -0.25) is 0 Å². The molecule has 3 heteroatoms. The van der Waals surface area contributed by atoms with Crippen molar-refractivity contribution in [2.24, 2.45) is 11.1 Å². The first-order valence-corrected chi connectivity index (χ1v) is 7.66. The van der Waals surface area contributed by atoms with E-state index in [2.05, 4.69) is 24.0 Å². The first-order chi connectivity index (χ1) is 9.11. The van der Waals surface area contributed by atoms with Gasteiger partial charge >= 0.3 is 0 Å². The third-order valence-electron chi connectivity index (χ3n) is 4.09. The monoisotopic (exact) mass is 280 g/mol. The summed E-state index contributed by atoms with van der Waals surface area (Å²) in [6, 6.07) is 8.17. The summed E-state index contributed by atoms with van der Waals surface area (Å²) in [6.07, 6.45) is 5.08. The second kappa shape index (κ2) is 6.74. The van der Waals surface area contributed by atoms with Gasteiger partial charge in [0.25, 0.3) is 0 Å². The van der Waals surface area contributed by atoms with Crippen molar-refractivity contribution in [1.29, 1.82) is 0 Å². The smallest absolute Gasteiger partial charge is 0.0406 e. The maximum Gasteiger partial charge on any atom is 0.0406 e. The summed E-state index contributed by atoms with van der Waals surface area (Å²) < 4.78 is 0. The Morgan fingerprint density at radius 3 is 2.37 bits per heavy atom. The van der Waals surface area contributed by atoms with Gasteiger partial charge in [-0.15, -0.1) is 0 Å². The van der Waals surface area contributed by atoms with Gasteiger partial charge in [-0.05, 0) is 62.0 Å². The molecule has 0 amide bonds. The number of piperidine rings is 1. The van der Waals surface area contributed by atoms with E-state index < -0.39 is 0 Å². The van der Waals surface area contributed by atoms with E-state index in [4.69, 9.17) is 17.3 Å². The molecular formula is C16H25ClN2. The fourth-order valence-corrected chi connectivity index (χ4v) is 3.07. The summed E-state index contributed by atoms with van der Waals surface area (Å²) in [5, 5.41) is 0.800. The van der Waals surface area contributed by atoms with Crippen LogP contribution in [0, 0.1) is 5.41 Å². The number of nitrogens with zero attached hydrogens (tertiary/aromatic N) is 1. The summed E-state index contributed by atoms with van der Waals surface area (Å²) in [5.74, 6) is 0. The molecule has 0 aliphatic carbocycles. The van der Waals surface area contributed by atoms with Gasteiger partial charge in [0.15, 0.2) is 0 Å². The van der Waals surface area contributed by atoms with Gasteiger partial charge in [-0.2, -0.15) is 0 Å². The van der Waals surface area contributed by atoms with Crippen molar-refractivity contribution in [2.45, 2.75) is 32.6 Å². The maximum atomic E-state index is 6.05. The first kappa shape index (κ1) is 14.8. The highest BCUT2D eigenvalue weighted by molar-refractivity contribution is 6.30. The summed E-state index contributed by atoms with van der Waals surface area (Å²) in [4.78, 5) is 2.58. The van der Waals surface area contributed by atoms with Crippen molar-refractivity contribution in [3.05, 3.63) is 34.9 Å².